The van der Waals surface area contributed by atoms with E-state index < -0.39 is 8.56 Å². The number of esters is 1. The van der Waals surface area contributed by atoms with E-state index in [1.165, 1.54) is 6.92 Å². The van der Waals surface area contributed by atoms with Gasteiger partial charge >= 0.3 is 14.5 Å². The lowest BCUT2D eigenvalue weighted by Gasteiger charge is -2.49. The number of ether oxygens (including phenoxy) is 2. The average Bonchev–Trinajstić information content (AvgIpc) is 2.47. The Balaban J connectivity index is 2.89. The molecule has 0 amide bonds. The summed E-state index contributed by atoms with van der Waals surface area (Å²) in [5.41, 5.74) is 0. The summed E-state index contributed by atoms with van der Waals surface area (Å²) in [6, 6.07) is 0.988. The first-order chi connectivity index (χ1) is 10.6. The van der Waals surface area contributed by atoms with Gasteiger partial charge in [-0.05, 0) is 46.1 Å². The molecule has 1 rings (SSSR count). The van der Waals surface area contributed by atoms with Gasteiger partial charge in [-0.3, -0.25) is 4.79 Å². The van der Waals surface area contributed by atoms with Gasteiger partial charge in [0.05, 0.1) is 6.61 Å². The van der Waals surface area contributed by atoms with Gasteiger partial charge in [-0.15, -0.1) is 0 Å². The maximum atomic E-state index is 10.9. The SMILES string of the molecule is CCOC1(CCCOC(C)=O)CCCC[Si]1(OCC)OCC. The van der Waals surface area contributed by atoms with Crippen molar-refractivity contribution in [3.8, 4) is 0 Å². The van der Waals surface area contributed by atoms with E-state index in [4.69, 9.17) is 18.3 Å². The van der Waals surface area contributed by atoms with E-state index in [0.29, 0.717) is 26.4 Å². The Hall–Kier alpha value is -0.433. The molecule has 1 saturated heterocycles. The fourth-order valence-corrected chi connectivity index (χ4v) is 8.00. The molecule has 1 aliphatic heterocycles. The van der Waals surface area contributed by atoms with E-state index in [1.54, 1.807) is 0 Å². The third-order valence-electron chi connectivity index (χ3n) is 4.24. The molecule has 0 aromatic rings. The zero-order valence-electron chi connectivity index (χ0n) is 14.6. The predicted molar refractivity (Wildman–Crippen MR) is 87.9 cm³/mol. The maximum Gasteiger partial charge on any atom is 0.371 e. The molecular formula is C16H32O5Si. The zero-order chi connectivity index (χ0) is 16.5. The van der Waals surface area contributed by atoms with Crippen LogP contribution < -0.4 is 0 Å². The monoisotopic (exact) mass is 332 g/mol. The van der Waals surface area contributed by atoms with Crippen molar-refractivity contribution < 1.29 is 23.1 Å². The van der Waals surface area contributed by atoms with Gasteiger partial charge in [-0.25, -0.2) is 0 Å². The van der Waals surface area contributed by atoms with Gasteiger partial charge in [0, 0.05) is 26.7 Å². The van der Waals surface area contributed by atoms with E-state index in [9.17, 15) is 4.79 Å². The number of carbonyl (C=O) groups excluding carboxylic acids is 1. The van der Waals surface area contributed by atoms with Crippen molar-refractivity contribution in [1.29, 1.82) is 0 Å². The van der Waals surface area contributed by atoms with Gasteiger partial charge in [0.1, 0.15) is 5.22 Å². The topological polar surface area (TPSA) is 54.0 Å². The highest BCUT2D eigenvalue weighted by atomic mass is 28.4. The number of hydrogen-bond acceptors (Lipinski definition) is 5. The maximum absolute atomic E-state index is 10.9. The minimum Gasteiger partial charge on any atom is -0.466 e. The molecule has 22 heavy (non-hydrogen) atoms. The Morgan fingerprint density at radius 1 is 1.09 bits per heavy atom. The number of carbonyl (C=O) groups is 1. The van der Waals surface area contributed by atoms with Crippen molar-refractivity contribution in [3.05, 3.63) is 0 Å². The highest BCUT2D eigenvalue weighted by molar-refractivity contribution is 6.70. The molecule has 0 bridgehead atoms. The molecule has 1 unspecified atom stereocenters. The fourth-order valence-electron chi connectivity index (χ4n) is 3.52. The zero-order valence-corrected chi connectivity index (χ0v) is 15.6. The molecule has 0 N–H and O–H groups in total. The Bertz CT molecular complexity index is 321. The summed E-state index contributed by atoms with van der Waals surface area (Å²) < 4.78 is 23.8. The van der Waals surface area contributed by atoms with E-state index in [2.05, 4.69) is 0 Å². The molecular weight excluding hydrogens is 300 g/mol. The largest absolute Gasteiger partial charge is 0.466 e. The summed E-state index contributed by atoms with van der Waals surface area (Å²) in [5.74, 6) is -0.229. The fraction of sp³-hybridized carbons (Fsp3) is 0.938. The molecule has 1 heterocycles. The third kappa shape index (κ3) is 4.78. The van der Waals surface area contributed by atoms with Crippen molar-refractivity contribution in [3.63, 3.8) is 0 Å². The van der Waals surface area contributed by atoms with Crippen LogP contribution in [-0.2, 0) is 23.1 Å². The molecule has 0 aromatic carbocycles. The minimum absolute atomic E-state index is 0.229. The van der Waals surface area contributed by atoms with Crippen LogP contribution in [0.25, 0.3) is 0 Å². The van der Waals surface area contributed by atoms with Crippen LogP contribution in [0.3, 0.4) is 0 Å². The lowest BCUT2D eigenvalue weighted by molar-refractivity contribution is -0.141. The summed E-state index contributed by atoms with van der Waals surface area (Å²) >= 11 is 0. The number of rotatable bonds is 10. The molecule has 0 saturated carbocycles. The van der Waals surface area contributed by atoms with Gasteiger partial charge in [0.15, 0.2) is 0 Å². The van der Waals surface area contributed by atoms with Crippen LogP contribution in [0.1, 0.15) is 59.8 Å². The molecule has 1 fully saturated rings. The molecule has 1 aliphatic rings. The summed E-state index contributed by atoms with van der Waals surface area (Å²) in [5, 5.41) is -0.313. The number of hydrogen-bond donors (Lipinski definition) is 0. The van der Waals surface area contributed by atoms with Crippen molar-refractivity contribution in [2.45, 2.75) is 71.1 Å². The van der Waals surface area contributed by atoms with Crippen LogP contribution in [0.2, 0.25) is 6.04 Å². The molecule has 5 nitrogen and oxygen atoms in total. The van der Waals surface area contributed by atoms with E-state index in [-0.39, 0.29) is 11.2 Å². The molecule has 0 aromatic heterocycles. The van der Waals surface area contributed by atoms with Gasteiger partial charge in [-0.2, -0.15) is 0 Å². The van der Waals surface area contributed by atoms with Crippen LogP contribution in [0.15, 0.2) is 0 Å². The van der Waals surface area contributed by atoms with Gasteiger partial charge in [-0.1, -0.05) is 12.8 Å². The summed E-state index contributed by atoms with van der Waals surface area (Å²) in [6.07, 6.45) is 4.88. The second kappa shape index (κ2) is 9.65. The first-order valence-corrected chi connectivity index (χ1v) is 10.6. The van der Waals surface area contributed by atoms with E-state index in [0.717, 1.165) is 38.1 Å². The Morgan fingerprint density at radius 2 is 1.77 bits per heavy atom. The molecule has 0 aliphatic carbocycles. The quantitative estimate of drug-likeness (QED) is 0.349. The van der Waals surface area contributed by atoms with Crippen LogP contribution in [0, 0.1) is 0 Å². The van der Waals surface area contributed by atoms with E-state index >= 15 is 0 Å². The second-order valence-electron chi connectivity index (χ2n) is 5.70. The van der Waals surface area contributed by atoms with Crippen molar-refractivity contribution in [2.75, 3.05) is 26.4 Å². The van der Waals surface area contributed by atoms with Crippen LogP contribution in [0.5, 0.6) is 0 Å². The predicted octanol–water partition coefficient (Wildman–Crippen LogP) is 3.34. The van der Waals surface area contributed by atoms with E-state index in [1.807, 2.05) is 20.8 Å². The van der Waals surface area contributed by atoms with Crippen LogP contribution in [0.4, 0.5) is 0 Å². The summed E-state index contributed by atoms with van der Waals surface area (Å²) in [4.78, 5) is 10.9. The first kappa shape index (κ1) is 19.6. The standard InChI is InChI=1S/C16H32O5Si/c1-5-19-16(12-10-13-18-15(4)17)11-8-9-14-22(16,20-6-2)21-7-3/h5-14H2,1-4H3. The van der Waals surface area contributed by atoms with Gasteiger partial charge < -0.3 is 18.3 Å². The van der Waals surface area contributed by atoms with Crippen LogP contribution >= 0.6 is 0 Å². The average molecular weight is 333 g/mol. The lowest BCUT2D eigenvalue weighted by Crippen LogP contribution is -2.66. The first-order valence-electron chi connectivity index (χ1n) is 8.61. The van der Waals surface area contributed by atoms with Crippen molar-refractivity contribution in [1.82, 2.24) is 0 Å². The second-order valence-corrected chi connectivity index (χ2v) is 9.19. The Labute approximate surface area is 135 Å². The Kier molecular flexibility index (Phi) is 8.60. The molecule has 6 heteroatoms. The van der Waals surface area contributed by atoms with Crippen molar-refractivity contribution >= 4 is 14.5 Å². The van der Waals surface area contributed by atoms with Crippen LogP contribution in [-0.4, -0.2) is 46.2 Å². The molecule has 130 valence electrons. The van der Waals surface area contributed by atoms with Crippen molar-refractivity contribution in [2.24, 2.45) is 0 Å². The van der Waals surface area contributed by atoms with Gasteiger partial charge in [0.25, 0.3) is 0 Å². The normalized spacial score (nSPS) is 24.2. The highest BCUT2D eigenvalue weighted by Gasteiger charge is 2.59. The molecule has 1 atom stereocenters. The Morgan fingerprint density at radius 3 is 2.32 bits per heavy atom. The van der Waals surface area contributed by atoms with Gasteiger partial charge in [0.2, 0.25) is 0 Å². The smallest absolute Gasteiger partial charge is 0.371 e. The third-order valence-corrected chi connectivity index (χ3v) is 8.79. The lowest BCUT2D eigenvalue weighted by atomic mass is 10.1. The molecule has 0 spiro atoms. The summed E-state index contributed by atoms with van der Waals surface area (Å²) in [7, 11) is -2.42. The molecule has 0 radical (unpaired) electrons. The highest BCUT2D eigenvalue weighted by Crippen LogP contribution is 2.43. The summed E-state index contributed by atoms with van der Waals surface area (Å²) in [6.45, 7) is 9.93. The minimum atomic E-state index is -2.42.